The van der Waals surface area contributed by atoms with E-state index in [-0.39, 0.29) is 0 Å². The van der Waals surface area contributed by atoms with Gasteiger partial charge in [0.25, 0.3) is 0 Å². The van der Waals surface area contributed by atoms with Gasteiger partial charge in [-0.3, -0.25) is 4.98 Å². The highest BCUT2D eigenvalue weighted by Crippen LogP contribution is 2.42. The van der Waals surface area contributed by atoms with Crippen molar-refractivity contribution in [2.45, 2.75) is 42.8 Å². The number of pyridine rings is 1. The van der Waals surface area contributed by atoms with Crippen molar-refractivity contribution in [1.29, 1.82) is 0 Å². The number of nitrogens with two attached hydrogens (primary N) is 1. The van der Waals surface area contributed by atoms with Crippen LogP contribution in [-0.4, -0.2) is 29.8 Å². The number of thiophene rings is 1. The molecule has 1 aliphatic rings. The van der Waals surface area contributed by atoms with Crippen molar-refractivity contribution >= 4 is 33.3 Å². The van der Waals surface area contributed by atoms with E-state index in [4.69, 9.17) is 15.8 Å². The van der Waals surface area contributed by atoms with Gasteiger partial charge in [-0.1, -0.05) is 6.92 Å². The summed E-state index contributed by atoms with van der Waals surface area (Å²) in [5.41, 5.74) is 2.28. The van der Waals surface area contributed by atoms with Gasteiger partial charge in [0.15, 0.2) is 11.6 Å². The zero-order valence-corrected chi connectivity index (χ0v) is 16.3. The predicted octanol–water partition coefficient (Wildman–Crippen LogP) is 3.26. The van der Waals surface area contributed by atoms with Crippen molar-refractivity contribution in [3.8, 4) is 11.4 Å². The maximum atomic E-state index is 6.16. The Labute approximate surface area is 164 Å². The lowest BCUT2D eigenvalue weighted by molar-refractivity contribution is 0.795. The Balaban J connectivity index is 1.69. The highest BCUT2D eigenvalue weighted by molar-refractivity contribution is 7.99. The summed E-state index contributed by atoms with van der Waals surface area (Å²) in [7, 11) is 0. The van der Waals surface area contributed by atoms with Gasteiger partial charge in [-0.05, 0) is 48.7 Å². The molecular formula is C18H17N7S2. The molecule has 4 heterocycles. The van der Waals surface area contributed by atoms with Crippen molar-refractivity contribution in [1.82, 2.24) is 29.8 Å². The second-order valence-electron chi connectivity index (χ2n) is 6.36. The van der Waals surface area contributed by atoms with Crippen LogP contribution in [0, 0.1) is 0 Å². The molecule has 0 aliphatic heterocycles. The van der Waals surface area contributed by atoms with Gasteiger partial charge < -0.3 is 5.84 Å². The molecule has 0 fully saturated rings. The Bertz CT molecular complexity index is 1130. The first kappa shape index (κ1) is 16.6. The Morgan fingerprint density at radius 3 is 2.96 bits per heavy atom. The van der Waals surface area contributed by atoms with Crippen molar-refractivity contribution in [3.05, 3.63) is 40.8 Å². The molecule has 4 aromatic rings. The molecule has 4 aromatic heterocycles. The van der Waals surface area contributed by atoms with E-state index in [1.165, 1.54) is 28.6 Å². The molecule has 0 saturated heterocycles. The van der Waals surface area contributed by atoms with Gasteiger partial charge in [-0.2, -0.15) is 0 Å². The zero-order chi connectivity index (χ0) is 18.4. The first-order valence-electron chi connectivity index (χ1n) is 8.84. The maximum absolute atomic E-state index is 6.16. The Kier molecular flexibility index (Phi) is 4.05. The van der Waals surface area contributed by atoms with E-state index in [0.717, 1.165) is 45.9 Å². The number of fused-ring (bicyclic) bond motifs is 3. The van der Waals surface area contributed by atoms with E-state index in [1.807, 2.05) is 19.1 Å². The summed E-state index contributed by atoms with van der Waals surface area (Å²) >= 11 is 3.23. The summed E-state index contributed by atoms with van der Waals surface area (Å²) in [6.07, 6.45) is 7.67. The Morgan fingerprint density at radius 1 is 1.26 bits per heavy atom. The smallest absolute Gasteiger partial charge is 0.216 e. The molecule has 1 aliphatic carbocycles. The number of aryl methyl sites for hydroxylation is 3. The summed E-state index contributed by atoms with van der Waals surface area (Å²) in [6.45, 7) is 2.01. The molecule has 0 atom stereocenters. The lowest BCUT2D eigenvalue weighted by Gasteiger charge is -2.07. The molecule has 136 valence electrons. The molecule has 2 N–H and O–H groups in total. The van der Waals surface area contributed by atoms with Crippen LogP contribution in [-0.2, 0) is 19.3 Å². The fraction of sp³-hybridized carbons (Fsp3) is 0.278. The monoisotopic (exact) mass is 395 g/mol. The van der Waals surface area contributed by atoms with Crippen LogP contribution in [0.5, 0.6) is 0 Å². The topological polar surface area (TPSA) is 95.4 Å². The Morgan fingerprint density at radius 2 is 2.19 bits per heavy atom. The van der Waals surface area contributed by atoms with E-state index in [1.54, 1.807) is 28.4 Å². The summed E-state index contributed by atoms with van der Waals surface area (Å²) in [6, 6.07) is 3.87. The summed E-state index contributed by atoms with van der Waals surface area (Å²) in [5, 5.41) is 11.1. The number of nitrogen functional groups attached to an aromatic ring is 1. The molecule has 0 amide bonds. The summed E-state index contributed by atoms with van der Waals surface area (Å²) in [4.78, 5) is 16.4. The lowest BCUT2D eigenvalue weighted by Crippen LogP contribution is -2.13. The van der Waals surface area contributed by atoms with Crippen molar-refractivity contribution in [2.24, 2.45) is 0 Å². The van der Waals surface area contributed by atoms with Crippen LogP contribution >= 0.6 is 23.1 Å². The molecular weight excluding hydrogens is 378 g/mol. The lowest BCUT2D eigenvalue weighted by atomic mass is 10.2. The first-order chi connectivity index (χ1) is 13.2. The molecule has 27 heavy (non-hydrogen) atoms. The molecule has 9 heteroatoms. The third kappa shape index (κ3) is 2.78. The highest BCUT2D eigenvalue weighted by Gasteiger charge is 2.24. The summed E-state index contributed by atoms with van der Waals surface area (Å²) < 4.78 is 1.55. The number of hydrogen-bond donors (Lipinski definition) is 1. The van der Waals surface area contributed by atoms with Crippen LogP contribution in [0.3, 0.4) is 0 Å². The Hall–Kier alpha value is -2.52. The summed E-state index contributed by atoms with van der Waals surface area (Å²) in [5.74, 6) is 7.60. The number of rotatable bonds is 4. The largest absolute Gasteiger partial charge is 0.336 e. The third-order valence-electron chi connectivity index (χ3n) is 4.69. The molecule has 0 spiro atoms. The number of aromatic nitrogens is 6. The van der Waals surface area contributed by atoms with E-state index < -0.39 is 0 Å². The average molecular weight is 396 g/mol. The zero-order valence-electron chi connectivity index (χ0n) is 14.7. The van der Waals surface area contributed by atoms with E-state index in [9.17, 15) is 0 Å². The molecule has 0 aromatic carbocycles. The first-order valence-corrected chi connectivity index (χ1v) is 10.5. The minimum absolute atomic E-state index is 0.641. The van der Waals surface area contributed by atoms with E-state index >= 15 is 0 Å². The minimum Gasteiger partial charge on any atom is -0.336 e. The fourth-order valence-corrected chi connectivity index (χ4v) is 5.60. The van der Waals surface area contributed by atoms with Crippen LogP contribution in [0.4, 0.5) is 0 Å². The quantitative estimate of drug-likeness (QED) is 0.418. The fourth-order valence-electron chi connectivity index (χ4n) is 3.36. The molecule has 0 bridgehead atoms. The van der Waals surface area contributed by atoms with Gasteiger partial charge in [0, 0.05) is 34.6 Å². The van der Waals surface area contributed by atoms with Crippen molar-refractivity contribution < 1.29 is 0 Å². The van der Waals surface area contributed by atoms with Gasteiger partial charge in [-0.25, -0.2) is 14.6 Å². The molecule has 5 rings (SSSR count). The van der Waals surface area contributed by atoms with Crippen molar-refractivity contribution in [3.63, 3.8) is 0 Å². The second-order valence-corrected chi connectivity index (χ2v) is 8.40. The number of nitrogens with zero attached hydrogens (tertiary/aromatic N) is 6. The van der Waals surface area contributed by atoms with Crippen LogP contribution in [0.2, 0.25) is 0 Å². The van der Waals surface area contributed by atoms with E-state index in [2.05, 4.69) is 15.2 Å². The molecule has 0 unspecified atom stereocenters. The SMILES string of the molecule is CCc1nnc(Sc2nc(-c3cccnc3)nc3sc4c(c23)CCC4)n1N. The van der Waals surface area contributed by atoms with Gasteiger partial charge in [0.2, 0.25) is 5.16 Å². The van der Waals surface area contributed by atoms with Crippen LogP contribution < -0.4 is 5.84 Å². The average Bonchev–Trinajstić information content (AvgIpc) is 3.37. The van der Waals surface area contributed by atoms with Crippen molar-refractivity contribution in [2.75, 3.05) is 5.84 Å². The van der Waals surface area contributed by atoms with Crippen LogP contribution in [0.25, 0.3) is 21.6 Å². The normalized spacial score (nSPS) is 13.4. The molecule has 7 nitrogen and oxygen atoms in total. The van der Waals surface area contributed by atoms with Crippen LogP contribution in [0.1, 0.15) is 29.6 Å². The third-order valence-corrected chi connectivity index (χ3v) is 6.83. The van der Waals surface area contributed by atoms with Gasteiger partial charge >= 0.3 is 0 Å². The van der Waals surface area contributed by atoms with Gasteiger partial charge in [0.05, 0.1) is 0 Å². The predicted molar refractivity (Wildman–Crippen MR) is 106 cm³/mol. The van der Waals surface area contributed by atoms with Gasteiger partial charge in [0.1, 0.15) is 9.86 Å². The van der Waals surface area contributed by atoms with E-state index in [0.29, 0.717) is 11.0 Å². The molecule has 0 saturated carbocycles. The van der Waals surface area contributed by atoms with Gasteiger partial charge in [-0.15, -0.1) is 21.5 Å². The van der Waals surface area contributed by atoms with Crippen LogP contribution in [0.15, 0.2) is 34.7 Å². The molecule has 0 radical (unpaired) electrons. The second kappa shape index (κ2) is 6.58. The highest BCUT2D eigenvalue weighted by atomic mass is 32.2. The minimum atomic E-state index is 0.641. The standard InChI is InChI=1S/C18H17N7S2/c1-2-13-23-24-18(25(13)19)27-17-14-11-6-3-7-12(11)26-16(14)21-15(22-17)10-5-4-8-20-9-10/h4-5,8-9H,2-3,6-7,19H2,1H3. The number of hydrogen-bond acceptors (Lipinski definition) is 8. The maximum Gasteiger partial charge on any atom is 0.216 e.